The van der Waals surface area contributed by atoms with E-state index in [9.17, 15) is 9.18 Å². The Bertz CT molecular complexity index is 403. The number of halogens is 1. The Balaban J connectivity index is 1.92. The van der Waals surface area contributed by atoms with Gasteiger partial charge in [0.25, 0.3) is 0 Å². The first-order chi connectivity index (χ1) is 9.43. The molecule has 0 spiro atoms. The van der Waals surface area contributed by atoms with E-state index in [2.05, 4.69) is 4.89 Å². The van der Waals surface area contributed by atoms with Crippen molar-refractivity contribution in [1.82, 2.24) is 0 Å². The van der Waals surface area contributed by atoms with Crippen molar-refractivity contribution in [2.45, 2.75) is 57.8 Å². The minimum absolute atomic E-state index is 0.00771. The molecule has 0 amide bonds. The highest BCUT2D eigenvalue weighted by molar-refractivity contribution is 5.73. The molecular weight excluding hydrogens is 267 g/mol. The minimum atomic E-state index is -1.20. The summed E-state index contributed by atoms with van der Waals surface area (Å²) in [6.07, 6.45) is 0.364. The molecule has 1 aliphatic carbocycles. The topological polar surface area (TPSA) is 65.0 Å². The Kier molecular flexibility index (Phi) is 3.51. The summed E-state index contributed by atoms with van der Waals surface area (Å²) in [6, 6.07) is 0. The standard InChI is InChI=1S/C14H21FO5/c1-7-10-6-9(15)5-8-3-4-14(2,20-17)19-13(11(8)10)18-12(7)16/h7-11,13,17H,3-6H2,1-2H3/t7-,8?,9+,10+,11?,13-,14-/m1/s1. The molecule has 2 heterocycles. The van der Waals surface area contributed by atoms with Crippen LogP contribution in [0.5, 0.6) is 0 Å². The number of carbonyl (C=O) groups excluding carboxylic acids is 1. The van der Waals surface area contributed by atoms with E-state index in [0.717, 1.165) is 0 Å². The average molecular weight is 288 g/mol. The van der Waals surface area contributed by atoms with Gasteiger partial charge in [-0.15, -0.1) is 0 Å². The van der Waals surface area contributed by atoms with Crippen molar-refractivity contribution in [3.8, 4) is 0 Å². The second-order valence-corrected chi connectivity index (χ2v) is 6.55. The molecule has 6 heteroatoms. The van der Waals surface area contributed by atoms with E-state index in [0.29, 0.717) is 25.7 Å². The molecule has 5 nitrogen and oxygen atoms in total. The first-order valence-corrected chi connectivity index (χ1v) is 7.28. The molecule has 3 rings (SSSR count). The number of esters is 1. The Morgan fingerprint density at radius 3 is 2.90 bits per heavy atom. The molecule has 1 N–H and O–H groups in total. The summed E-state index contributed by atoms with van der Waals surface area (Å²) in [5.41, 5.74) is 0. The van der Waals surface area contributed by atoms with Crippen LogP contribution < -0.4 is 0 Å². The Labute approximate surface area is 117 Å². The molecule has 3 aliphatic rings. The zero-order valence-electron chi connectivity index (χ0n) is 11.8. The maximum Gasteiger partial charge on any atom is 0.311 e. The number of hydrogen-bond acceptors (Lipinski definition) is 5. The Morgan fingerprint density at radius 1 is 1.45 bits per heavy atom. The number of ether oxygens (including phenoxy) is 2. The predicted molar refractivity (Wildman–Crippen MR) is 66.1 cm³/mol. The third-order valence-electron chi connectivity index (χ3n) is 5.21. The lowest BCUT2D eigenvalue weighted by Crippen LogP contribution is -2.52. The van der Waals surface area contributed by atoms with E-state index in [1.54, 1.807) is 13.8 Å². The molecular formula is C14H21FO5. The molecule has 2 unspecified atom stereocenters. The molecule has 0 aromatic heterocycles. The summed E-state index contributed by atoms with van der Waals surface area (Å²) in [6.45, 7) is 3.41. The van der Waals surface area contributed by atoms with E-state index in [-0.39, 0.29) is 29.6 Å². The van der Waals surface area contributed by atoms with Gasteiger partial charge in [0.15, 0.2) is 0 Å². The van der Waals surface area contributed by atoms with E-state index in [1.165, 1.54) is 0 Å². The number of rotatable bonds is 1. The van der Waals surface area contributed by atoms with Gasteiger partial charge in [-0.25, -0.2) is 14.5 Å². The van der Waals surface area contributed by atoms with Gasteiger partial charge in [-0.05, 0) is 38.0 Å². The molecule has 0 aromatic rings. The lowest BCUT2D eigenvalue weighted by Gasteiger charge is -2.47. The maximum atomic E-state index is 14.0. The number of carbonyl (C=O) groups is 1. The van der Waals surface area contributed by atoms with Gasteiger partial charge in [0.1, 0.15) is 6.17 Å². The van der Waals surface area contributed by atoms with Gasteiger partial charge in [-0.1, -0.05) is 6.92 Å². The van der Waals surface area contributed by atoms with E-state index >= 15 is 0 Å². The van der Waals surface area contributed by atoms with Crippen molar-refractivity contribution in [2.75, 3.05) is 0 Å². The van der Waals surface area contributed by atoms with Gasteiger partial charge >= 0.3 is 5.97 Å². The van der Waals surface area contributed by atoms with Crippen LogP contribution in [0.25, 0.3) is 0 Å². The van der Waals surface area contributed by atoms with Crippen molar-refractivity contribution in [3.05, 3.63) is 0 Å². The molecule has 20 heavy (non-hydrogen) atoms. The zero-order valence-corrected chi connectivity index (χ0v) is 11.8. The Morgan fingerprint density at radius 2 is 2.20 bits per heavy atom. The predicted octanol–water partition coefficient (Wildman–Crippen LogP) is 2.50. The van der Waals surface area contributed by atoms with E-state index in [1.807, 2.05) is 0 Å². The highest BCUT2D eigenvalue weighted by atomic mass is 19.1. The second kappa shape index (κ2) is 4.93. The summed E-state index contributed by atoms with van der Waals surface area (Å²) in [7, 11) is 0. The van der Waals surface area contributed by atoms with Crippen LogP contribution in [0.2, 0.25) is 0 Å². The normalized spacial score (nSPS) is 51.9. The summed E-state index contributed by atoms with van der Waals surface area (Å²) in [5.74, 6) is -1.82. The van der Waals surface area contributed by atoms with Crippen LogP contribution >= 0.6 is 0 Å². The van der Waals surface area contributed by atoms with Crippen molar-refractivity contribution < 1.29 is 28.8 Å². The monoisotopic (exact) mass is 288 g/mol. The smallest absolute Gasteiger partial charge is 0.311 e. The summed E-state index contributed by atoms with van der Waals surface area (Å²) < 4.78 is 25.1. The third-order valence-corrected chi connectivity index (χ3v) is 5.21. The summed E-state index contributed by atoms with van der Waals surface area (Å²) in [4.78, 5) is 16.4. The highest BCUT2D eigenvalue weighted by Crippen LogP contribution is 2.51. The van der Waals surface area contributed by atoms with Crippen molar-refractivity contribution >= 4 is 5.97 Å². The SMILES string of the molecule is C[C@H]1C(=O)O[C@@H]2O[C@](C)(OO)CCC3C[C@H](F)C[C@@H]1C32. The summed E-state index contributed by atoms with van der Waals surface area (Å²) >= 11 is 0. The van der Waals surface area contributed by atoms with Gasteiger partial charge in [0, 0.05) is 12.3 Å². The van der Waals surface area contributed by atoms with Gasteiger partial charge < -0.3 is 9.47 Å². The fourth-order valence-corrected chi connectivity index (χ4v) is 4.05. The first kappa shape index (κ1) is 14.2. The number of hydrogen-bond donors (Lipinski definition) is 1. The third kappa shape index (κ3) is 2.23. The zero-order chi connectivity index (χ0) is 14.5. The second-order valence-electron chi connectivity index (χ2n) is 6.55. The van der Waals surface area contributed by atoms with Crippen LogP contribution in [0.15, 0.2) is 0 Å². The molecule has 114 valence electrons. The molecule has 1 saturated carbocycles. The van der Waals surface area contributed by atoms with Crippen LogP contribution in [0.4, 0.5) is 4.39 Å². The molecule has 3 fully saturated rings. The first-order valence-electron chi connectivity index (χ1n) is 7.28. The van der Waals surface area contributed by atoms with Gasteiger partial charge in [0.05, 0.1) is 5.92 Å². The fraction of sp³-hybridized carbons (Fsp3) is 0.929. The molecule has 0 bridgehead atoms. The van der Waals surface area contributed by atoms with E-state index in [4.69, 9.17) is 14.7 Å². The van der Waals surface area contributed by atoms with Crippen LogP contribution in [0.3, 0.4) is 0 Å². The van der Waals surface area contributed by atoms with Crippen molar-refractivity contribution in [2.24, 2.45) is 23.7 Å². The van der Waals surface area contributed by atoms with Crippen molar-refractivity contribution in [1.29, 1.82) is 0 Å². The molecule has 0 radical (unpaired) electrons. The van der Waals surface area contributed by atoms with Gasteiger partial charge in [0.2, 0.25) is 12.1 Å². The average Bonchev–Trinajstić information content (AvgIpc) is 2.54. The Hall–Kier alpha value is -0.720. The van der Waals surface area contributed by atoms with E-state index < -0.39 is 18.2 Å². The minimum Gasteiger partial charge on any atom is -0.435 e. The molecule has 7 atom stereocenters. The molecule has 2 saturated heterocycles. The largest absolute Gasteiger partial charge is 0.435 e. The molecule has 0 aromatic carbocycles. The summed E-state index contributed by atoms with van der Waals surface area (Å²) in [5, 5.41) is 9.04. The maximum absolute atomic E-state index is 14.0. The van der Waals surface area contributed by atoms with Gasteiger partial charge in [-0.2, -0.15) is 0 Å². The quantitative estimate of drug-likeness (QED) is 0.456. The van der Waals surface area contributed by atoms with Crippen molar-refractivity contribution in [3.63, 3.8) is 0 Å². The number of alkyl halides is 1. The van der Waals surface area contributed by atoms with Crippen LogP contribution in [0, 0.1) is 23.7 Å². The van der Waals surface area contributed by atoms with Crippen LogP contribution in [-0.4, -0.2) is 29.5 Å². The molecule has 2 aliphatic heterocycles. The fourth-order valence-electron chi connectivity index (χ4n) is 4.05. The van der Waals surface area contributed by atoms with Crippen LogP contribution in [-0.2, 0) is 19.2 Å². The lowest BCUT2D eigenvalue weighted by molar-refractivity contribution is -0.425. The van der Waals surface area contributed by atoms with Crippen LogP contribution in [0.1, 0.15) is 39.5 Å². The highest BCUT2D eigenvalue weighted by Gasteiger charge is 2.55. The lowest BCUT2D eigenvalue weighted by atomic mass is 9.64. The van der Waals surface area contributed by atoms with Gasteiger partial charge in [-0.3, -0.25) is 4.79 Å².